The van der Waals surface area contributed by atoms with Gasteiger partial charge in [-0.05, 0) is 25.5 Å². The number of esters is 1. The van der Waals surface area contributed by atoms with Gasteiger partial charge in [0.1, 0.15) is 28.8 Å². The third-order valence-corrected chi connectivity index (χ3v) is 4.65. The molecule has 1 N–H and O–H groups in total. The number of aryl methyl sites for hydroxylation is 3. The van der Waals surface area contributed by atoms with Crippen LogP contribution in [0.4, 0.5) is 5.69 Å². The first-order chi connectivity index (χ1) is 13.7. The number of nitrogens with zero attached hydrogens (tertiary/aromatic N) is 2. The maximum absolute atomic E-state index is 12.5. The van der Waals surface area contributed by atoms with Crippen molar-refractivity contribution in [3.8, 4) is 5.75 Å². The molecule has 152 valence electrons. The highest BCUT2D eigenvalue weighted by Crippen LogP contribution is 2.31. The standard InChI is InChI=1S/C19H18ClN3O6/c1-9-5-12(13(27-4)6-11(9)20)22-14(24)7-28-19(26)15-10(2)29-17-16(15)18(25)23(3)8-21-17/h5-6,8H,7H2,1-4H3,(H,22,24). The highest BCUT2D eigenvalue weighted by molar-refractivity contribution is 6.31. The Bertz CT molecular complexity index is 1180. The number of halogens is 1. The minimum atomic E-state index is -0.860. The van der Waals surface area contributed by atoms with E-state index in [9.17, 15) is 14.4 Å². The van der Waals surface area contributed by atoms with Crippen LogP contribution in [0, 0.1) is 13.8 Å². The molecule has 0 bridgehead atoms. The number of ether oxygens (including phenoxy) is 2. The molecule has 0 unspecified atom stereocenters. The van der Waals surface area contributed by atoms with Crippen LogP contribution < -0.4 is 15.6 Å². The predicted octanol–water partition coefficient (Wildman–Crippen LogP) is 2.60. The SMILES string of the molecule is COc1cc(Cl)c(C)cc1NC(=O)COC(=O)c1c(C)oc2ncn(C)c(=O)c12. The van der Waals surface area contributed by atoms with Crippen molar-refractivity contribution in [2.24, 2.45) is 7.05 Å². The molecule has 0 aliphatic rings. The van der Waals surface area contributed by atoms with Crippen LogP contribution >= 0.6 is 11.6 Å². The van der Waals surface area contributed by atoms with E-state index < -0.39 is 24.0 Å². The third kappa shape index (κ3) is 3.95. The normalized spacial score (nSPS) is 10.8. The van der Waals surface area contributed by atoms with Crippen LogP contribution in [0.15, 0.2) is 27.7 Å². The number of hydrogen-bond acceptors (Lipinski definition) is 7. The maximum Gasteiger partial charge on any atom is 0.343 e. The largest absolute Gasteiger partial charge is 0.495 e. The molecular weight excluding hydrogens is 402 g/mol. The van der Waals surface area contributed by atoms with Gasteiger partial charge < -0.3 is 23.8 Å². The van der Waals surface area contributed by atoms with Crippen LogP contribution in [0.5, 0.6) is 5.75 Å². The number of carbonyl (C=O) groups is 2. The van der Waals surface area contributed by atoms with Crippen LogP contribution in [0.1, 0.15) is 21.7 Å². The molecule has 1 aromatic carbocycles. The molecular formula is C19H18ClN3O6. The lowest BCUT2D eigenvalue weighted by molar-refractivity contribution is -0.119. The average Bonchev–Trinajstić information content (AvgIpc) is 3.02. The molecule has 0 saturated carbocycles. The summed E-state index contributed by atoms with van der Waals surface area (Å²) in [6.45, 7) is 2.72. The number of methoxy groups -OCH3 is 1. The molecule has 0 aliphatic carbocycles. The van der Waals surface area contributed by atoms with Crippen LogP contribution in [0.2, 0.25) is 5.02 Å². The number of nitrogens with one attached hydrogen (secondary N) is 1. The van der Waals surface area contributed by atoms with Crippen molar-refractivity contribution < 1.29 is 23.5 Å². The molecule has 0 saturated heterocycles. The molecule has 3 rings (SSSR count). The number of furan rings is 1. The van der Waals surface area contributed by atoms with Gasteiger partial charge in [0.2, 0.25) is 5.71 Å². The summed E-state index contributed by atoms with van der Waals surface area (Å²) < 4.78 is 16.8. The number of carbonyl (C=O) groups excluding carboxylic acids is 2. The lowest BCUT2D eigenvalue weighted by Crippen LogP contribution is -2.23. The van der Waals surface area contributed by atoms with E-state index in [0.29, 0.717) is 16.5 Å². The number of benzene rings is 1. The second-order valence-corrected chi connectivity index (χ2v) is 6.71. The first-order valence-electron chi connectivity index (χ1n) is 8.48. The molecule has 1 amide bonds. The van der Waals surface area contributed by atoms with Gasteiger partial charge in [0.15, 0.2) is 6.61 Å². The molecule has 2 aromatic heterocycles. The van der Waals surface area contributed by atoms with Gasteiger partial charge in [0.25, 0.3) is 11.5 Å². The highest BCUT2D eigenvalue weighted by atomic mass is 35.5. The van der Waals surface area contributed by atoms with Crippen molar-refractivity contribution in [1.82, 2.24) is 9.55 Å². The summed E-state index contributed by atoms with van der Waals surface area (Å²) in [6.07, 6.45) is 1.29. The van der Waals surface area contributed by atoms with E-state index in [0.717, 1.165) is 5.56 Å². The molecule has 0 spiro atoms. The average molecular weight is 420 g/mol. The molecule has 3 aromatic rings. The van der Waals surface area contributed by atoms with Gasteiger partial charge in [-0.1, -0.05) is 11.6 Å². The summed E-state index contributed by atoms with van der Waals surface area (Å²) in [7, 11) is 2.94. The Morgan fingerprint density at radius 2 is 2.03 bits per heavy atom. The van der Waals surface area contributed by atoms with Gasteiger partial charge in [0, 0.05) is 18.1 Å². The number of rotatable bonds is 5. The van der Waals surface area contributed by atoms with Gasteiger partial charge >= 0.3 is 5.97 Å². The molecule has 0 fully saturated rings. The van der Waals surface area contributed by atoms with Gasteiger partial charge in [0.05, 0.1) is 12.8 Å². The fourth-order valence-electron chi connectivity index (χ4n) is 2.75. The van der Waals surface area contributed by atoms with E-state index in [1.54, 1.807) is 19.1 Å². The third-order valence-electron chi connectivity index (χ3n) is 4.24. The number of hydrogen-bond donors (Lipinski definition) is 1. The molecule has 2 heterocycles. The second kappa shape index (κ2) is 7.96. The summed E-state index contributed by atoms with van der Waals surface area (Å²) in [5.41, 5.74) is 0.650. The van der Waals surface area contributed by atoms with E-state index in [1.807, 2.05) is 0 Å². The summed E-state index contributed by atoms with van der Waals surface area (Å²) in [6, 6.07) is 3.21. The van der Waals surface area contributed by atoms with E-state index in [2.05, 4.69) is 10.3 Å². The Kier molecular flexibility index (Phi) is 5.60. The van der Waals surface area contributed by atoms with Crippen molar-refractivity contribution in [3.63, 3.8) is 0 Å². The zero-order valence-corrected chi connectivity index (χ0v) is 16.9. The van der Waals surface area contributed by atoms with E-state index in [4.69, 9.17) is 25.5 Å². The zero-order valence-electron chi connectivity index (χ0n) is 16.2. The summed E-state index contributed by atoms with van der Waals surface area (Å²) >= 11 is 6.04. The molecule has 10 heteroatoms. The predicted molar refractivity (Wildman–Crippen MR) is 106 cm³/mol. The molecule has 9 nitrogen and oxygen atoms in total. The lowest BCUT2D eigenvalue weighted by Gasteiger charge is -2.12. The molecule has 0 radical (unpaired) electrons. The molecule has 0 aliphatic heterocycles. The number of amides is 1. The number of anilines is 1. The van der Waals surface area contributed by atoms with Gasteiger partial charge in [-0.3, -0.25) is 9.59 Å². The summed E-state index contributed by atoms with van der Waals surface area (Å²) in [5, 5.41) is 3.10. The molecule has 0 atom stereocenters. The van der Waals surface area contributed by atoms with Crippen molar-refractivity contribution in [2.45, 2.75) is 13.8 Å². The number of aromatic nitrogens is 2. The first kappa shape index (κ1) is 20.4. The summed E-state index contributed by atoms with van der Waals surface area (Å²) in [5.74, 6) is -0.904. The van der Waals surface area contributed by atoms with E-state index >= 15 is 0 Å². The van der Waals surface area contributed by atoms with Crippen LogP contribution in [-0.4, -0.2) is 35.1 Å². The van der Waals surface area contributed by atoms with Crippen LogP contribution in [0.25, 0.3) is 11.1 Å². The minimum Gasteiger partial charge on any atom is -0.495 e. The van der Waals surface area contributed by atoms with Crippen molar-refractivity contribution in [2.75, 3.05) is 19.0 Å². The first-order valence-corrected chi connectivity index (χ1v) is 8.86. The monoisotopic (exact) mass is 419 g/mol. The zero-order chi connectivity index (χ0) is 21.3. The maximum atomic E-state index is 12.5. The van der Waals surface area contributed by atoms with Gasteiger partial charge in [-0.15, -0.1) is 0 Å². The molecule has 29 heavy (non-hydrogen) atoms. The van der Waals surface area contributed by atoms with Crippen molar-refractivity contribution in [3.05, 3.63) is 50.7 Å². The fourth-order valence-corrected chi connectivity index (χ4v) is 2.91. The minimum absolute atomic E-state index is 0.00732. The quantitative estimate of drug-likeness (QED) is 0.632. The van der Waals surface area contributed by atoms with Crippen LogP contribution in [0.3, 0.4) is 0 Å². The Balaban J connectivity index is 1.77. The van der Waals surface area contributed by atoms with Gasteiger partial charge in [-0.25, -0.2) is 9.78 Å². The fraction of sp³-hybridized carbons (Fsp3) is 0.263. The lowest BCUT2D eigenvalue weighted by atomic mass is 10.2. The smallest absolute Gasteiger partial charge is 0.343 e. The van der Waals surface area contributed by atoms with Gasteiger partial charge in [-0.2, -0.15) is 0 Å². The highest BCUT2D eigenvalue weighted by Gasteiger charge is 2.24. The second-order valence-electron chi connectivity index (χ2n) is 6.30. The van der Waals surface area contributed by atoms with Crippen molar-refractivity contribution >= 4 is 40.3 Å². The Labute approximate surface area is 170 Å². The van der Waals surface area contributed by atoms with Crippen molar-refractivity contribution in [1.29, 1.82) is 0 Å². The topological polar surface area (TPSA) is 113 Å². The Morgan fingerprint density at radius 3 is 2.72 bits per heavy atom. The Morgan fingerprint density at radius 1 is 1.31 bits per heavy atom. The number of fused-ring (bicyclic) bond motifs is 1. The van der Waals surface area contributed by atoms with E-state index in [-0.39, 0.29) is 22.4 Å². The van der Waals surface area contributed by atoms with Crippen LogP contribution in [-0.2, 0) is 16.6 Å². The Hall–Kier alpha value is -3.33. The van der Waals surface area contributed by atoms with E-state index in [1.165, 1.54) is 32.0 Å². The summed E-state index contributed by atoms with van der Waals surface area (Å²) in [4.78, 5) is 41.0.